The normalized spacial score (nSPS) is 14.3. The van der Waals surface area contributed by atoms with Gasteiger partial charge in [0.15, 0.2) is 0 Å². The van der Waals surface area contributed by atoms with E-state index >= 15 is 0 Å². The van der Waals surface area contributed by atoms with Crippen molar-refractivity contribution in [2.45, 2.75) is 26.8 Å². The molecule has 1 aromatic heterocycles. The summed E-state index contributed by atoms with van der Waals surface area (Å²) >= 11 is 0. The first-order valence-corrected chi connectivity index (χ1v) is 6.53. The van der Waals surface area contributed by atoms with Crippen LogP contribution in [0.15, 0.2) is 24.4 Å². The maximum absolute atomic E-state index is 12.6. The standard InChI is InChI=1S/C15H17N3O/c1-10-3-4-11(2)13(7-10)15(19)18-6-5-14-12(9-18)8-16-17-14/h3-4,7-8H,5-6,9H2,1-2H3,(H,16,17). The zero-order valence-corrected chi connectivity index (χ0v) is 11.2. The molecular formula is C15H17N3O. The molecular weight excluding hydrogens is 238 g/mol. The van der Waals surface area contributed by atoms with Gasteiger partial charge in [-0.15, -0.1) is 0 Å². The average molecular weight is 255 g/mol. The number of fused-ring (bicyclic) bond motifs is 1. The van der Waals surface area contributed by atoms with Crippen LogP contribution in [0.1, 0.15) is 32.7 Å². The van der Waals surface area contributed by atoms with Gasteiger partial charge in [-0.3, -0.25) is 9.89 Å². The van der Waals surface area contributed by atoms with Gasteiger partial charge in [0, 0.05) is 36.3 Å². The second-order valence-corrected chi connectivity index (χ2v) is 5.17. The highest BCUT2D eigenvalue weighted by molar-refractivity contribution is 5.96. The van der Waals surface area contributed by atoms with Crippen LogP contribution in [0.4, 0.5) is 0 Å². The predicted molar refractivity (Wildman–Crippen MR) is 72.9 cm³/mol. The Labute approximate surface area is 112 Å². The van der Waals surface area contributed by atoms with Gasteiger partial charge in [0.25, 0.3) is 5.91 Å². The minimum absolute atomic E-state index is 0.119. The number of nitrogens with one attached hydrogen (secondary N) is 1. The van der Waals surface area contributed by atoms with Crippen LogP contribution in [0, 0.1) is 13.8 Å². The van der Waals surface area contributed by atoms with E-state index in [0.29, 0.717) is 6.54 Å². The second kappa shape index (κ2) is 4.53. The molecule has 98 valence electrons. The number of carbonyl (C=O) groups excluding carboxylic acids is 1. The number of benzene rings is 1. The van der Waals surface area contributed by atoms with Crippen molar-refractivity contribution in [2.75, 3.05) is 6.54 Å². The van der Waals surface area contributed by atoms with E-state index < -0.39 is 0 Å². The SMILES string of the molecule is Cc1ccc(C)c(C(=O)N2CCc3[nH]ncc3C2)c1. The largest absolute Gasteiger partial charge is 0.334 e. The van der Waals surface area contributed by atoms with Crippen molar-refractivity contribution < 1.29 is 4.79 Å². The van der Waals surface area contributed by atoms with E-state index in [-0.39, 0.29) is 5.91 Å². The van der Waals surface area contributed by atoms with Crippen LogP contribution in [0.2, 0.25) is 0 Å². The molecule has 19 heavy (non-hydrogen) atoms. The van der Waals surface area contributed by atoms with Crippen LogP contribution < -0.4 is 0 Å². The van der Waals surface area contributed by atoms with Crippen LogP contribution in [0.5, 0.6) is 0 Å². The van der Waals surface area contributed by atoms with Crippen LogP contribution in [0.25, 0.3) is 0 Å². The van der Waals surface area contributed by atoms with Crippen molar-refractivity contribution in [3.63, 3.8) is 0 Å². The topological polar surface area (TPSA) is 49.0 Å². The van der Waals surface area contributed by atoms with Gasteiger partial charge < -0.3 is 4.90 Å². The molecule has 0 saturated carbocycles. The molecule has 1 N–H and O–H groups in total. The Morgan fingerprint density at radius 2 is 2.21 bits per heavy atom. The van der Waals surface area contributed by atoms with E-state index in [0.717, 1.165) is 40.9 Å². The van der Waals surface area contributed by atoms with Gasteiger partial charge in [-0.25, -0.2) is 0 Å². The summed E-state index contributed by atoms with van der Waals surface area (Å²) in [5.74, 6) is 0.119. The number of aromatic amines is 1. The van der Waals surface area contributed by atoms with Crippen LogP contribution in [0.3, 0.4) is 0 Å². The number of hydrogen-bond donors (Lipinski definition) is 1. The first-order valence-electron chi connectivity index (χ1n) is 6.53. The number of H-pyrrole nitrogens is 1. The first-order chi connectivity index (χ1) is 9.15. The van der Waals surface area contributed by atoms with E-state index in [1.165, 1.54) is 0 Å². The molecule has 4 nitrogen and oxygen atoms in total. The van der Waals surface area contributed by atoms with Crippen molar-refractivity contribution in [3.8, 4) is 0 Å². The molecule has 0 fully saturated rings. The number of hydrogen-bond acceptors (Lipinski definition) is 2. The summed E-state index contributed by atoms with van der Waals surface area (Å²) in [5.41, 5.74) is 5.26. The molecule has 1 aromatic carbocycles. The smallest absolute Gasteiger partial charge is 0.254 e. The zero-order chi connectivity index (χ0) is 13.4. The van der Waals surface area contributed by atoms with Crippen molar-refractivity contribution in [1.29, 1.82) is 0 Å². The molecule has 4 heteroatoms. The number of nitrogens with zero attached hydrogens (tertiary/aromatic N) is 2. The molecule has 0 unspecified atom stereocenters. The van der Waals surface area contributed by atoms with E-state index in [1.54, 1.807) is 0 Å². The lowest BCUT2D eigenvalue weighted by Crippen LogP contribution is -2.36. The Balaban J connectivity index is 1.87. The predicted octanol–water partition coefficient (Wildman–Crippen LogP) is 2.23. The van der Waals surface area contributed by atoms with Crippen molar-refractivity contribution in [1.82, 2.24) is 15.1 Å². The van der Waals surface area contributed by atoms with Crippen molar-refractivity contribution in [2.24, 2.45) is 0 Å². The first kappa shape index (κ1) is 12.0. The molecule has 0 bridgehead atoms. The molecule has 0 atom stereocenters. The minimum atomic E-state index is 0.119. The number of rotatable bonds is 1. The van der Waals surface area contributed by atoms with Crippen LogP contribution in [-0.2, 0) is 13.0 Å². The van der Waals surface area contributed by atoms with Gasteiger partial charge in [-0.05, 0) is 25.5 Å². The van der Waals surface area contributed by atoms with E-state index in [9.17, 15) is 4.79 Å². The maximum atomic E-state index is 12.6. The fourth-order valence-corrected chi connectivity index (χ4v) is 2.53. The molecule has 1 aliphatic rings. The van der Waals surface area contributed by atoms with Gasteiger partial charge in [-0.2, -0.15) is 5.10 Å². The number of carbonyl (C=O) groups is 1. The quantitative estimate of drug-likeness (QED) is 0.849. The molecule has 0 radical (unpaired) electrons. The average Bonchev–Trinajstić information content (AvgIpc) is 2.88. The highest BCUT2D eigenvalue weighted by atomic mass is 16.2. The Kier molecular flexibility index (Phi) is 2.85. The van der Waals surface area contributed by atoms with Crippen molar-refractivity contribution in [3.05, 3.63) is 52.3 Å². The summed E-state index contributed by atoms with van der Waals surface area (Å²) in [5, 5.41) is 7.03. The third kappa shape index (κ3) is 2.14. The number of aryl methyl sites for hydroxylation is 2. The van der Waals surface area contributed by atoms with Crippen LogP contribution >= 0.6 is 0 Å². The van der Waals surface area contributed by atoms with Crippen LogP contribution in [-0.4, -0.2) is 27.5 Å². The lowest BCUT2D eigenvalue weighted by atomic mass is 10.0. The van der Waals surface area contributed by atoms with E-state index in [2.05, 4.69) is 10.2 Å². The second-order valence-electron chi connectivity index (χ2n) is 5.17. The number of aromatic nitrogens is 2. The van der Waals surface area contributed by atoms with Gasteiger partial charge in [-0.1, -0.05) is 17.7 Å². The summed E-state index contributed by atoms with van der Waals surface area (Å²) < 4.78 is 0. The third-order valence-electron chi connectivity index (χ3n) is 3.71. The Morgan fingerprint density at radius 3 is 3.05 bits per heavy atom. The van der Waals surface area contributed by atoms with Gasteiger partial charge in [0.1, 0.15) is 0 Å². The third-order valence-corrected chi connectivity index (χ3v) is 3.71. The van der Waals surface area contributed by atoms with Gasteiger partial charge >= 0.3 is 0 Å². The molecule has 0 saturated heterocycles. The monoisotopic (exact) mass is 255 g/mol. The summed E-state index contributed by atoms with van der Waals surface area (Å²) in [6.07, 6.45) is 2.67. The fourth-order valence-electron chi connectivity index (χ4n) is 2.53. The lowest BCUT2D eigenvalue weighted by Gasteiger charge is -2.27. The highest BCUT2D eigenvalue weighted by Gasteiger charge is 2.23. The molecule has 0 spiro atoms. The van der Waals surface area contributed by atoms with Gasteiger partial charge in [0.2, 0.25) is 0 Å². The summed E-state index contributed by atoms with van der Waals surface area (Å²) in [4.78, 5) is 14.5. The Hall–Kier alpha value is -2.10. The van der Waals surface area contributed by atoms with E-state index in [1.807, 2.05) is 43.1 Å². The Bertz CT molecular complexity index is 630. The maximum Gasteiger partial charge on any atom is 0.254 e. The minimum Gasteiger partial charge on any atom is -0.334 e. The molecule has 2 aromatic rings. The molecule has 1 aliphatic heterocycles. The van der Waals surface area contributed by atoms with Crippen molar-refractivity contribution >= 4 is 5.91 Å². The molecule has 0 aliphatic carbocycles. The van der Waals surface area contributed by atoms with Gasteiger partial charge in [0.05, 0.1) is 6.20 Å². The highest BCUT2D eigenvalue weighted by Crippen LogP contribution is 2.20. The van der Waals surface area contributed by atoms with E-state index in [4.69, 9.17) is 0 Å². The molecule has 1 amide bonds. The lowest BCUT2D eigenvalue weighted by molar-refractivity contribution is 0.0733. The summed E-state index contributed by atoms with van der Waals surface area (Å²) in [6, 6.07) is 6.02. The zero-order valence-electron chi connectivity index (χ0n) is 11.2. The Morgan fingerprint density at radius 1 is 1.37 bits per heavy atom. The molecule has 2 heterocycles. The summed E-state index contributed by atoms with van der Waals surface area (Å²) in [6.45, 7) is 5.40. The summed E-state index contributed by atoms with van der Waals surface area (Å²) in [7, 11) is 0. The molecule has 3 rings (SSSR count). The fraction of sp³-hybridized carbons (Fsp3) is 0.333. The number of amides is 1.